The Morgan fingerprint density at radius 2 is 1.95 bits per heavy atom. The third kappa shape index (κ3) is 5.46. The molecule has 1 saturated carbocycles. The number of nitrogens with one attached hydrogen (secondary N) is 1. The van der Waals surface area contributed by atoms with Crippen molar-refractivity contribution in [1.82, 2.24) is 15.1 Å². The summed E-state index contributed by atoms with van der Waals surface area (Å²) in [6, 6.07) is 3.24. The summed E-state index contributed by atoms with van der Waals surface area (Å²) in [6.45, 7) is 7.64. The Bertz CT molecular complexity index is 389. The molecule has 2 rings (SSSR count). The molecule has 0 aliphatic heterocycles. The maximum Gasteiger partial charge on any atom is 0.0640 e. The molecule has 1 aliphatic rings. The summed E-state index contributed by atoms with van der Waals surface area (Å²) in [4.78, 5) is 0. The van der Waals surface area contributed by atoms with E-state index >= 15 is 0 Å². The zero-order chi connectivity index (χ0) is 15.1. The number of rotatable bonds is 7. The molecule has 3 nitrogen and oxygen atoms in total. The minimum Gasteiger partial charge on any atom is -0.314 e. The van der Waals surface area contributed by atoms with Crippen molar-refractivity contribution in [2.45, 2.75) is 84.2 Å². The van der Waals surface area contributed by atoms with Crippen LogP contribution < -0.4 is 5.32 Å². The molecule has 0 radical (unpaired) electrons. The fraction of sp³-hybridized carbons (Fsp3) is 0.833. The maximum atomic E-state index is 4.72. The number of aromatic nitrogens is 2. The summed E-state index contributed by atoms with van der Waals surface area (Å²) in [5.74, 6) is 0.920. The molecular weight excluding hydrogens is 258 g/mol. The van der Waals surface area contributed by atoms with Gasteiger partial charge >= 0.3 is 0 Å². The first-order valence-electron chi connectivity index (χ1n) is 8.96. The van der Waals surface area contributed by atoms with E-state index in [1.165, 1.54) is 50.6 Å². The summed E-state index contributed by atoms with van der Waals surface area (Å²) in [6.07, 6.45) is 13.1. The lowest BCUT2D eigenvalue weighted by molar-refractivity contribution is 0.350. The predicted molar refractivity (Wildman–Crippen MR) is 89.6 cm³/mol. The fourth-order valence-corrected chi connectivity index (χ4v) is 3.56. The molecule has 1 heterocycles. The van der Waals surface area contributed by atoms with Crippen molar-refractivity contribution in [2.24, 2.45) is 5.92 Å². The SMILES string of the molecule is CCNC(Cc1ccn(C(C)C)n1)CC1CCCCCC1. The Morgan fingerprint density at radius 1 is 1.24 bits per heavy atom. The van der Waals surface area contributed by atoms with Crippen molar-refractivity contribution in [1.29, 1.82) is 0 Å². The van der Waals surface area contributed by atoms with E-state index in [1.54, 1.807) is 0 Å². The number of hydrogen-bond donors (Lipinski definition) is 1. The van der Waals surface area contributed by atoms with Gasteiger partial charge in [0.1, 0.15) is 0 Å². The van der Waals surface area contributed by atoms with Crippen LogP contribution in [0.5, 0.6) is 0 Å². The predicted octanol–water partition coefficient (Wildman–Crippen LogP) is 4.35. The molecule has 0 spiro atoms. The van der Waals surface area contributed by atoms with Crippen molar-refractivity contribution >= 4 is 0 Å². The van der Waals surface area contributed by atoms with Crippen LogP contribution in [0.3, 0.4) is 0 Å². The smallest absolute Gasteiger partial charge is 0.0640 e. The van der Waals surface area contributed by atoms with E-state index in [9.17, 15) is 0 Å². The summed E-state index contributed by atoms with van der Waals surface area (Å²) in [5.41, 5.74) is 1.24. The van der Waals surface area contributed by atoms with Crippen molar-refractivity contribution in [2.75, 3.05) is 6.54 Å². The second-order valence-corrected chi connectivity index (χ2v) is 6.93. The highest BCUT2D eigenvalue weighted by Gasteiger charge is 2.19. The van der Waals surface area contributed by atoms with Crippen LogP contribution in [0.2, 0.25) is 0 Å². The van der Waals surface area contributed by atoms with Gasteiger partial charge in [-0.1, -0.05) is 45.4 Å². The van der Waals surface area contributed by atoms with Crippen molar-refractivity contribution in [3.63, 3.8) is 0 Å². The van der Waals surface area contributed by atoms with Gasteiger partial charge in [-0.25, -0.2) is 0 Å². The lowest BCUT2D eigenvalue weighted by atomic mass is 9.91. The minimum absolute atomic E-state index is 0.457. The molecular formula is C18H33N3. The average Bonchev–Trinajstić information content (AvgIpc) is 2.76. The normalized spacial score (nSPS) is 18.9. The molecule has 3 heteroatoms. The van der Waals surface area contributed by atoms with Crippen LogP contribution in [0, 0.1) is 5.92 Å². The molecule has 0 saturated heterocycles. The van der Waals surface area contributed by atoms with Crippen molar-refractivity contribution < 1.29 is 0 Å². The second-order valence-electron chi connectivity index (χ2n) is 6.93. The van der Waals surface area contributed by atoms with Gasteiger partial charge in [-0.05, 0) is 38.8 Å². The quantitative estimate of drug-likeness (QED) is 0.757. The molecule has 21 heavy (non-hydrogen) atoms. The van der Waals surface area contributed by atoms with E-state index in [4.69, 9.17) is 5.10 Å². The van der Waals surface area contributed by atoms with E-state index in [0.717, 1.165) is 18.9 Å². The van der Waals surface area contributed by atoms with Gasteiger partial charge in [-0.2, -0.15) is 5.10 Å². The van der Waals surface area contributed by atoms with Crippen LogP contribution in [-0.4, -0.2) is 22.4 Å². The van der Waals surface area contributed by atoms with Gasteiger partial charge in [0.05, 0.1) is 5.69 Å². The molecule has 0 amide bonds. The van der Waals surface area contributed by atoms with E-state index in [1.807, 2.05) is 0 Å². The molecule has 1 atom stereocenters. The molecule has 1 N–H and O–H groups in total. The second kappa shape index (κ2) is 8.57. The Kier molecular flexibility index (Phi) is 6.75. The Balaban J connectivity index is 1.90. The summed E-state index contributed by atoms with van der Waals surface area (Å²) >= 11 is 0. The number of likely N-dealkylation sites (N-methyl/N-ethyl adjacent to an activating group) is 1. The molecule has 1 aliphatic carbocycles. The first kappa shape index (κ1) is 16.5. The standard InChI is InChI=1S/C18H33N3/c1-4-19-18(13-16-9-7-5-6-8-10-16)14-17-11-12-21(20-17)15(2)3/h11-12,15-16,18-19H,4-10,13-14H2,1-3H3. The van der Waals surface area contributed by atoms with Crippen LogP contribution in [0.1, 0.15) is 77.5 Å². The zero-order valence-corrected chi connectivity index (χ0v) is 14.1. The van der Waals surface area contributed by atoms with Gasteiger partial charge < -0.3 is 5.32 Å². The van der Waals surface area contributed by atoms with Gasteiger partial charge in [-0.15, -0.1) is 0 Å². The third-order valence-corrected chi connectivity index (χ3v) is 4.73. The topological polar surface area (TPSA) is 29.9 Å². The van der Waals surface area contributed by atoms with E-state index in [0.29, 0.717) is 12.1 Å². The first-order chi connectivity index (χ1) is 10.2. The largest absolute Gasteiger partial charge is 0.314 e. The zero-order valence-electron chi connectivity index (χ0n) is 14.1. The van der Waals surface area contributed by atoms with Gasteiger partial charge in [0.2, 0.25) is 0 Å². The monoisotopic (exact) mass is 291 g/mol. The number of nitrogens with zero attached hydrogens (tertiary/aromatic N) is 2. The van der Waals surface area contributed by atoms with Crippen molar-refractivity contribution in [3.8, 4) is 0 Å². The van der Waals surface area contributed by atoms with E-state index in [-0.39, 0.29) is 0 Å². The molecule has 120 valence electrons. The average molecular weight is 291 g/mol. The molecule has 1 unspecified atom stereocenters. The summed E-state index contributed by atoms with van der Waals surface area (Å²) in [7, 11) is 0. The van der Waals surface area contributed by atoms with Crippen LogP contribution >= 0.6 is 0 Å². The van der Waals surface area contributed by atoms with Crippen LogP contribution in [-0.2, 0) is 6.42 Å². The molecule has 1 aromatic heterocycles. The Hall–Kier alpha value is -0.830. The van der Waals surface area contributed by atoms with Crippen molar-refractivity contribution in [3.05, 3.63) is 18.0 Å². The highest BCUT2D eigenvalue weighted by atomic mass is 15.3. The van der Waals surface area contributed by atoms with Gasteiger partial charge in [0, 0.05) is 24.7 Å². The molecule has 1 fully saturated rings. The van der Waals surface area contributed by atoms with Gasteiger partial charge in [0.15, 0.2) is 0 Å². The molecule has 0 aromatic carbocycles. The fourth-order valence-electron chi connectivity index (χ4n) is 3.56. The highest BCUT2D eigenvalue weighted by Crippen LogP contribution is 2.27. The summed E-state index contributed by atoms with van der Waals surface area (Å²) in [5, 5.41) is 8.41. The van der Waals surface area contributed by atoms with Gasteiger partial charge in [-0.3, -0.25) is 4.68 Å². The maximum absolute atomic E-state index is 4.72. The number of hydrogen-bond acceptors (Lipinski definition) is 2. The Labute approximate surface area is 130 Å². The van der Waals surface area contributed by atoms with Crippen LogP contribution in [0.4, 0.5) is 0 Å². The Morgan fingerprint density at radius 3 is 2.52 bits per heavy atom. The minimum atomic E-state index is 0.457. The summed E-state index contributed by atoms with van der Waals surface area (Å²) < 4.78 is 2.07. The molecule has 0 bridgehead atoms. The lowest BCUT2D eigenvalue weighted by Crippen LogP contribution is -2.33. The van der Waals surface area contributed by atoms with Crippen LogP contribution in [0.15, 0.2) is 12.3 Å². The van der Waals surface area contributed by atoms with Gasteiger partial charge in [0.25, 0.3) is 0 Å². The van der Waals surface area contributed by atoms with E-state index < -0.39 is 0 Å². The lowest BCUT2D eigenvalue weighted by Gasteiger charge is -2.23. The van der Waals surface area contributed by atoms with E-state index in [2.05, 4.69) is 43.0 Å². The third-order valence-electron chi connectivity index (χ3n) is 4.73. The van der Waals surface area contributed by atoms with Crippen LogP contribution in [0.25, 0.3) is 0 Å². The first-order valence-corrected chi connectivity index (χ1v) is 8.96. The molecule has 1 aromatic rings. The highest BCUT2D eigenvalue weighted by molar-refractivity contribution is 5.02.